The maximum absolute atomic E-state index is 2.41. The Morgan fingerprint density at radius 1 is 0.346 bits per heavy atom. The van der Waals surface area contributed by atoms with Crippen molar-refractivity contribution in [2.24, 2.45) is 0 Å². The molecule has 1 heterocycles. The summed E-state index contributed by atoms with van der Waals surface area (Å²) in [7, 11) is 0. The van der Waals surface area contributed by atoms with Crippen molar-refractivity contribution in [1.29, 1.82) is 0 Å². The highest BCUT2D eigenvalue weighted by Crippen LogP contribution is 2.43. The summed E-state index contributed by atoms with van der Waals surface area (Å²) >= 11 is 0. The fourth-order valence-electron chi connectivity index (χ4n) is 7.90. The van der Waals surface area contributed by atoms with Crippen LogP contribution in [0.5, 0.6) is 0 Å². The highest BCUT2D eigenvalue weighted by Gasteiger charge is 2.19. The lowest BCUT2D eigenvalue weighted by atomic mass is 9.98. The second-order valence-electron chi connectivity index (χ2n) is 13.4. The van der Waals surface area contributed by atoms with E-state index in [4.69, 9.17) is 0 Å². The Hall–Kier alpha value is -6.90. The number of hydrogen-bond donors (Lipinski definition) is 0. The third-order valence-corrected chi connectivity index (χ3v) is 10.4. The van der Waals surface area contributed by atoms with Gasteiger partial charge in [-0.1, -0.05) is 146 Å². The molecule has 2 nitrogen and oxygen atoms in total. The molecule has 0 radical (unpaired) electrons. The Kier molecular flexibility index (Phi) is 7.18. The molecule has 10 aromatic rings. The van der Waals surface area contributed by atoms with Gasteiger partial charge in [-0.3, -0.25) is 0 Å². The largest absolute Gasteiger partial charge is 0.310 e. The summed E-state index contributed by atoms with van der Waals surface area (Å²) in [5.41, 5.74) is 11.6. The van der Waals surface area contributed by atoms with Crippen LogP contribution in [0, 0.1) is 0 Å². The summed E-state index contributed by atoms with van der Waals surface area (Å²) < 4.78 is 2.41. The molecule has 0 N–H and O–H groups in total. The predicted octanol–water partition coefficient (Wildman–Crippen LogP) is 13.9. The SMILES string of the molecule is c1ccc(-c2ccc(N(c3ccc(-n4c5ccccc5c5c6ccccc6ccc54)cc3)c3ccccc3-c3ccc4ccccc4c3)cc2)cc1. The summed E-state index contributed by atoms with van der Waals surface area (Å²) in [4.78, 5) is 2.39. The zero-order valence-electron chi connectivity index (χ0n) is 28.5. The molecule has 0 spiro atoms. The number of hydrogen-bond acceptors (Lipinski definition) is 1. The van der Waals surface area contributed by atoms with Gasteiger partial charge in [0, 0.05) is 33.4 Å². The van der Waals surface area contributed by atoms with Gasteiger partial charge in [-0.05, 0) is 98.9 Å². The summed E-state index contributed by atoms with van der Waals surface area (Å²) in [6, 6.07) is 74.7. The first-order valence-corrected chi connectivity index (χ1v) is 17.9. The van der Waals surface area contributed by atoms with E-state index in [0.717, 1.165) is 22.7 Å². The molecule has 244 valence electrons. The van der Waals surface area contributed by atoms with Crippen molar-refractivity contribution < 1.29 is 0 Å². The van der Waals surface area contributed by atoms with Crippen LogP contribution in [0.25, 0.3) is 71.3 Å². The van der Waals surface area contributed by atoms with E-state index < -0.39 is 0 Å². The van der Waals surface area contributed by atoms with Gasteiger partial charge in [0.05, 0.1) is 16.7 Å². The second kappa shape index (κ2) is 12.5. The van der Waals surface area contributed by atoms with E-state index in [1.54, 1.807) is 0 Å². The van der Waals surface area contributed by atoms with Crippen LogP contribution in [0.15, 0.2) is 206 Å². The molecule has 0 aliphatic rings. The van der Waals surface area contributed by atoms with Crippen LogP contribution in [0.3, 0.4) is 0 Å². The summed E-state index contributed by atoms with van der Waals surface area (Å²) in [5, 5.41) is 7.57. The van der Waals surface area contributed by atoms with E-state index in [-0.39, 0.29) is 0 Å². The molecule has 0 saturated heterocycles. The predicted molar refractivity (Wildman–Crippen MR) is 221 cm³/mol. The molecule has 2 heteroatoms. The quantitative estimate of drug-likeness (QED) is 0.172. The molecule has 0 bridgehead atoms. The van der Waals surface area contributed by atoms with E-state index in [0.29, 0.717) is 0 Å². The van der Waals surface area contributed by atoms with Crippen LogP contribution >= 0.6 is 0 Å². The molecule has 1 aromatic heterocycles. The molecule has 0 fully saturated rings. The van der Waals surface area contributed by atoms with E-state index in [1.807, 2.05) is 0 Å². The smallest absolute Gasteiger partial charge is 0.0547 e. The minimum atomic E-state index is 1.09. The van der Waals surface area contributed by atoms with Gasteiger partial charge in [0.25, 0.3) is 0 Å². The number of rotatable bonds is 6. The lowest BCUT2D eigenvalue weighted by Crippen LogP contribution is -2.11. The van der Waals surface area contributed by atoms with Crippen molar-refractivity contribution >= 4 is 60.4 Å². The number of nitrogens with zero attached hydrogens (tertiary/aromatic N) is 2. The first kappa shape index (κ1) is 30.0. The molecule has 0 atom stereocenters. The number of anilines is 3. The molecular weight excluding hydrogens is 629 g/mol. The topological polar surface area (TPSA) is 8.17 Å². The lowest BCUT2D eigenvalue weighted by molar-refractivity contribution is 1.17. The molecule has 0 amide bonds. The highest BCUT2D eigenvalue weighted by molar-refractivity contribution is 6.21. The molecule has 0 aliphatic carbocycles. The van der Waals surface area contributed by atoms with E-state index >= 15 is 0 Å². The van der Waals surface area contributed by atoms with Crippen LogP contribution < -0.4 is 4.90 Å². The second-order valence-corrected chi connectivity index (χ2v) is 13.4. The zero-order valence-corrected chi connectivity index (χ0v) is 28.5. The monoisotopic (exact) mass is 662 g/mol. The van der Waals surface area contributed by atoms with Gasteiger partial charge in [-0.15, -0.1) is 0 Å². The van der Waals surface area contributed by atoms with Crippen LogP contribution in [0.4, 0.5) is 17.1 Å². The molecule has 0 aliphatic heterocycles. The van der Waals surface area contributed by atoms with Gasteiger partial charge in [-0.25, -0.2) is 0 Å². The lowest BCUT2D eigenvalue weighted by Gasteiger charge is -2.28. The van der Waals surface area contributed by atoms with Crippen LogP contribution in [-0.2, 0) is 0 Å². The Balaban J connectivity index is 1.14. The maximum Gasteiger partial charge on any atom is 0.0547 e. The van der Waals surface area contributed by atoms with Crippen molar-refractivity contribution in [3.8, 4) is 27.9 Å². The molecule has 52 heavy (non-hydrogen) atoms. The first-order valence-electron chi connectivity index (χ1n) is 17.9. The molecular formula is C50H34N2. The fourth-order valence-corrected chi connectivity index (χ4v) is 7.90. The number of aromatic nitrogens is 1. The van der Waals surface area contributed by atoms with Crippen LogP contribution in [-0.4, -0.2) is 4.57 Å². The Morgan fingerprint density at radius 2 is 0.923 bits per heavy atom. The average Bonchev–Trinajstić information content (AvgIpc) is 3.57. The van der Waals surface area contributed by atoms with Crippen LogP contribution in [0.2, 0.25) is 0 Å². The van der Waals surface area contributed by atoms with E-state index in [9.17, 15) is 0 Å². The van der Waals surface area contributed by atoms with E-state index in [2.05, 4.69) is 216 Å². The van der Waals surface area contributed by atoms with Gasteiger partial charge in [0.2, 0.25) is 0 Å². The van der Waals surface area contributed by atoms with Crippen molar-refractivity contribution in [3.05, 3.63) is 206 Å². The number of para-hydroxylation sites is 2. The number of fused-ring (bicyclic) bond motifs is 6. The van der Waals surface area contributed by atoms with Gasteiger partial charge >= 0.3 is 0 Å². The molecule has 9 aromatic carbocycles. The Labute approximate surface area is 303 Å². The van der Waals surface area contributed by atoms with Crippen LogP contribution in [0.1, 0.15) is 0 Å². The van der Waals surface area contributed by atoms with Gasteiger partial charge in [0.15, 0.2) is 0 Å². The van der Waals surface area contributed by atoms with Crippen molar-refractivity contribution in [2.75, 3.05) is 4.90 Å². The number of benzene rings is 9. The van der Waals surface area contributed by atoms with E-state index in [1.165, 1.54) is 65.6 Å². The Morgan fingerprint density at radius 3 is 1.73 bits per heavy atom. The minimum absolute atomic E-state index is 1.09. The summed E-state index contributed by atoms with van der Waals surface area (Å²) in [6.07, 6.45) is 0. The van der Waals surface area contributed by atoms with Gasteiger partial charge in [-0.2, -0.15) is 0 Å². The first-order chi connectivity index (χ1) is 25.8. The average molecular weight is 663 g/mol. The standard InChI is InChI=1S/C50H34N2/c1-2-12-35(13-3-1)37-24-27-41(28-25-37)51(47-20-10-8-17-44(47)40-23-22-36-14-4-5-16-39(36)34-40)42-29-31-43(32-30-42)52-48-21-11-9-19-46(48)50-45-18-7-6-15-38(45)26-33-49(50)52/h1-34H. The minimum Gasteiger partial charge on any atom is -0.310 e. The maximum atomic E-state index is 2.41. The molecule has 0 saturated carbocycles. The van der Waals surface area contributed by atoms with Crippen molar-refractivity contribution in [2.45, 2.75) is 0 Å². The van der Waals surface area contributed by atoms with Crippen molar-refractivity contribution in [1.82, 2.24) is 4.57 Å². The summed E-state index contributed by atoms with van der Waals surface area (Å²) in [6.45, 7) is 0. The molecule has 0 unspecified atom stereocenters. The Bertz CT molecular complexity index is 2880. The highest BCUT2D eigenvalue weighted by atomic mass is 15.1. The van der Waals surface area contributed by atoms with Crippen molar-refractivity contribution in [3.63, 3.8) is 0 Å². The normalized spacial score (nSPS) is 11.5. The molecule has 10 rings (SSSR count). The van der Waals surface area contributed by atoms with Gasteiger partial charge in [0.1, 0.15) is 0 Å². The van der Waals surface area contributed by atoms with Gasteiger partial charge < -0.3 is 9.47 Å². The fraction of sp³-hybridized carbons (Fsp3) is 0. The third-order valence-electron chi connectivity index (χ3n) is 10.4. The zero-order chi connectivity index (χ0) is 34.4. The summed E-state index contributed by atoms with van der Waals surface area (Å²) in [5.74, 6) is 0. The third kappa shape index (κ3) is 5.04.